The molecule has 1 N–H and O–H groups in total. The minimum absolute atomic E-state index is 0.0701. The van der Waals surface area contributed by atoms with Crippen LogP contribution in [-0.4, -0.2) is 68.1 Å². The average molecular weight is 764 g/mol. The number of aromatic nitrogens is 4. The quantitative estimate of drug-likeness (QED) is 0.119. The Balaban J connectivity index is 1.55. The highest BCUT2D eigenvalue weighted by Crippen LogP contribution is 2.37. The van der Waals surface area contributed by atoms with Crippen LogP contribution in [0.1, 0.15) is 46.1 Å². The maximum Gasteiger partial charge on any atom is 0.413 e. The number of nitrogens with zero attached hydrogens (tertiary/aromatic N) is 5. The number of carbonyl (C=O) groups is 1. The van der Waals surface area contributed by atoms with Crippen LogP contribution in [0.5, 0.6) is 5.75 Å². The first-order valence-corrected chi connectivity index (χ1v) is 19.3. The van der Waals surface area contributed by atoms with Crippen molar-refractivity contribution < 1.29 is 23.1 Å². The van der Waals surface area contributed by atoms with E-state index in [1.807, 2.05) is 12.1 Å². The number of amides is 1. The van der Waals surface area contributed by atoms with E-state index in [1.165, 1.54) is 30.7 Å². The zero-order valence-corrected chi connectivity index (χ0v) is 32.0. The van der Waals surface area contributed by atoms with Crippen molar-refractivity contribution in [2.75, 3.05) is 44.1 Å². The van der Waals surface area contributed by atoms with Crippen molar-refractivity contribution in [1.29, 1.82) is 0 Å². The number of methoxy groups -OCH3 is 2. The number of hydrogen-bond donors (Lipinski definition) is 1. The van der Waals surface area contributed by atoms with E-state index in [1.54, 1.807) is 16.9 Å². The highest BCUT2D eigenvalue weighted by Gasteiger charge is 2.50. The number of carbonyl (C=O) groups excluding carboxylic acids is 1. The van der Waals surface area contributed by atoms with E-state index in [4.69, 9.17) is 24.0 Å². The van der Waals surface area contributed by atoms with Gasteiger partial charge in [0.2, 0.25) is 5.95 Å². The molecule has 0 aliphatic rings. The molecule has 0 saturated carbocycles. The number of nitrogens with one attached hydrogen (secondary N) is 1. The van der Waals surface area contributed by atoms with E-state index in [-0.39, 0.29) is 17.5 Å². The summed E-state index contributed by atoms with van der Waals surface area (Å²) in [5.74, 6) is 0.560. The highest BCUT2D eigenvalue weighted by atomic mass is 79.9. The van der Waals surface area contributed by atoms with Crippen LogP contribution in [0.2, 0.25) is 5.04 Å². The van der Waals surface area contributed by atoms with Crippen molar-refractivity contribution in [3.8, 4) is 5.75 Å². The Kier molecular flexibility index (Phi) is 11.9. The Morgan fingerprint density at radius 2 is 1.66 bits per heavy atom. The molecule has 0 aliphatic carbocycles. The van der Waals surface area contributed by atoms with Gasteiger partial charge in [-0.15, -0.1) is 0 Å². The number of rotatable bonds is 14. The lowest BCUT2D eigenvalue weighted by Crippen LogP contribution is -2.67. The molecular formula is C37H44BrFN6O4Si. The van der Waals surface area contributed by atoms with E-state index in [9.17, 15) is 4.79 Å². The number of hydrogen-bond acceptors (Lipinski definition) is 8. The van der Waals surface area contributed by atoms with E-state index in [0.29, 0.717) is 52.3 Å². The standard InChI is InChI=1S/C37H44BrFN6O4Si/c1-7-8-19-44(20-21-49-50(37(2,3)4,27-15-11-9-12-16-27)28-17-13-10-14-18-28)34-33-31(40-35(41-34)42-36(46)48-6)25-45(43-33)24-29-30(39)22-26(38)23-32(29)47-5/h9-18,22-23,25H,7-8,19-21,24H2,1-6H3,(H,40,42,46). The fourth-order valence-electron chi connectivity index (χ4n) is 6.26. The Hall–Kier alpha value is -4.33. The molecule has 0 atom stereocenters. The SMILES string of the molecule is CCCCN(CCO[Si](c1ccccc1)(c1ccccc1)C(C)(C)C)c1nc(NC(=O)OC)nc2cn(Cc3c(F)cc(Br)cc3OC)nc12. The number of ether oxygens (including phenoxy) is 2. The van der Waals surface area contributed by atoms with Gasteiger partial charge in [0.25, 0.3) is 8.32 Å². The Bertz CT molecular complexity index is 1870. The maximum atomic E-state index is 15.1. The van der Waals surface area contributed by atoms with Gasteiger partial charge in [-0.1, -0.05) is 111 Å². The van der Waals surface area contributed by atoms with Gasteiger partial charge in [-0.2, -0.15) is 10.1 Å². The second-order valence-corrected chi connectivity index (χ2v) is 18.2. The summed E-state index contributed by atoms with van der Waals surface area (Å²) in [6, 6.07) is 24.2. The molecular weight excluding hydrogens is 719 g/mol. The van der Waals surface area contributed by atoms with Crippen molar-refractivity contribution in [2.45, 2.75) is 52.1 Å². The summed E-state index contributed by atoms with van der Waals surface area (Å²) in [6.07, 6.45) is 2.84. The zero-order chi connectivity index (χ0) is 35.9. The smallest absolute Gasteiger partial charge is 0.413 e. The Labute approximate surface area is 302 Å². The molecule has 0 spiro atoms. The lowest BCUT2D eigenvalue weighted by atomic mass is 10.2. The second kappa shape index (κ2) is 16.1. The van der Waals surface area contributed by atoms with E-state index >= 15 is 4.39 Å². The van der Waals surface area contributed by atoms with Crippen LogP contribution in [0.15, 0.2) is 83.5 Å². The van der Waals surface area contributed by atoms with Crippen LogP contribution in [0.25, 0.3) is 11.0 Å². The molecule has 3 aromatic carbocycles. The van der Waals surface area contributed by atoms with Crippen molar-refractivity contribution >= 4 is 63.5 Å². The van der Waals surface area contributed by atoms with Crippen LogP contribution in [0.4, 0.5) is 21.0 Å². The first-order chi connectivity index (χ1) is 24.0. The average Bonchev–Trinajstić information content (AvgIpc) is 3.51. The second-order valence-electron chi connectivity index (χ2n) is 13.0. The van der Waals surface area contributed by atoms with Crippen molar-refractivity contribution in [3.63, 3.8) is 0 Å². The zero-order valence-electron chi connectivity index (χ0n) is 29.4. The third-order valence-corrected chi connectivity index (χ3v) is 14.1. The van der Waals surface area contributed by atoms with Crippen LogP contribution < -0.4 is 25.3 Å². The van der Waals surface area contributed by atoms with Crippen LogP contribution in [0.3, 0.4) is 0 Å². The molecule has 50 heavy (non-hydrogen) atoms. The van der Waals surface area contributed by atoms with Crippen LogP contribution in [0, 0.1) is 5.82 Å². The summed E-state index contributed by atoms with van der Waals surface area (Å²) < 4.78 is 34.9. The fraction of sp³-hybridized carbons (Fsp3) is 0.351. The Morgan fingerprint density at radius 3 is 2.24 bits per heavy atom. The van der Waals surface area contributed by atoms with Gasteiger partial charge in [-0.25, -0.2) is 14.2 Å². The topological polar surface area (TPSA) is 104 Å². The van der Waals surface area contributed by atoms with Gasteiger partial charge in [0.15, 0.2) is 11.3 Å². The monoisotopic (exact) mass is 762 g/mol. The predicted molar refractivity (Wildman–Crippen MR) is 202 cm³/mol. The minimum Gasteiger partial charge on any atom is -0.496 e. The summed E-state index contributed by atoms with van der Waals surface area (Å²) >= 11 is 3.33. The molecule has 13 heteroatoms. The summed E-state index contributed by atoms with van der Waals surface area (Å²) in [7, 11) is -0.0213. The molecule has 2 heterocycles. The molecule has 1 amide bonds. The van der Waals surface area contributed by atoms with Crippen LogP contribution in [-0.2, 0) is 15.7 Å². The van der Waals surface area contributed by atoms with Gasteiger partial charge in [0.1, 0.15) is 17.1 Å². The molecule has 0 saturated heterocycles. The molecule has 5 rings (SSSR count). The van der Waals surface area contributed by atoms with E-state index in [2.05, 4.69) is 107 Å². The number of fused-ring (bicyclic) bond motifs is 1. The molecule has 5 aromatic rings. The molecule has 0 unspecified atom stereocenters. The predicted octanol–water partition coefficient (Wildman–Crippen LogP) is 7.15. The third kappa shape index (κ3) is 8.00. The Morgan fingerprint density at radius 1 is 1.00 bits per heavy atom. The molecule has 10 nitrogen and oxygen atoms in total. The number of unbranched alkanes of at least 4 members (excludes halogenated alkanes) is 1. The van der Waals surface area contributed by atoms with Gasteiger partial charge in [0, 0.05) is 17.6 Å². The largest absolute Gasteiger partial charge is 0.496 e. The van der Waals surface area contributed by atoms with Gasteiger partial charge in [0.05, 0.1) is 39.1 Å². The lowest BCUT2D eigenvalue weighted by molar-refractivity contribution is 0.186. The highest BCUT2D eigenvalue weighted by molar-refractivity contribution is 9.10. The molecule has 0 bridgehead atoms. The van der Waals surface area contributed by atoms with Crippen LogP contribution >= 0.6 is 15.9 Å². The molecule has 0 radical (unpaired) electrons. The normalized spacial score (nSPS) is 11.8. The van der Waals surface area contributed by atoms with Gasteiger partial charge in [-0.3, -0.25) is 10.00 Å². The summed E-state index contributed by atoms with van der Waals surface area (Å²) in [5.41, 5.74) is 1.33. The molecule has 264 valence electrons. The number of halogens is 2. The van der Waals surface area contributed by atoms with Gasteiger partial charge >= 0.3 is 6.09 Å². The van der Waals surface area contributed by atoms with E-state index < -0.39 is 20.2 Å². The van der Waals surface area contributed by atoms with Crippen molar-refractivity contribution in [1.82, 2.24) is 19.7 Å². The first-order valence-electron chi connectivity index (χ1n) is 16.6. The number of anilines is 2. The van der Waals surface area contributed by atoms with Gasteiger partial charge < -0.3 is 18.8 Å². The summed E-state index contributed by atoms with van der Waals surface area (Å²) in [4.78, 5) is 23.8. The first kappa shape index (κ1) is 36.9. The van der Waals surface area contributed by atoms with E-state index in [0.717, 1.165) is 12.8 Å². The molecule has 0 aliphatic heterocycles. The fourth-order valence-corrected chi connectivity index (χ4v) is 11.2. The molecule has 2 aromatic heterocycles. The number of benzene rings is 3. The maximum absolute atomic E-state index is 15.1. The minimum atomic E-state index is -2.80. The molecule has 0 fully saturated rings. The third-order valence-electron chi connectivity index (χ3n) is 8.63. The van der Waals surface area contributed by atoms with Gasteiger partial charge in [-0.05, 0) is 34.0 Å². The van der Waals surface area contributed by atoms with Crippen molar-refractivity contribution in [3.05, 3.63) is 94.8 Å². The van der Waals surface area contributed by atoms with Crippen molar-refractivity contribution in [2.24, 2.45) is 0 Å². The lowest BCUT2D eigenvalue weighted by Gasteiger charge is -2.43. The summed E-state index contributed by atoms with van der Waals surface area (Å²) in [5, 5.41) is 9.67. The summed E-state index contributed by atoms with van der Waals surface area (Å²) in [6.45, 7) is 10.5.